The van der Waals surface area contributed by atoms with Gasteiger partial charge in [0, 0.05) is 13.1 Å². The van der Waals surface area contributed by atoms with Gasteiger partial charge in [-0.25, -0.2) is 0 Å². The van der Waals surface area contributed by atoms with Crippen molar-refractivity contribution < 1.29 is 30.7 Å². The lowest BCUT2D eigenvalue weighted by molar-refractivity contribution is 0.102. The van der Waals surface area contributed by atoms with E-state index in [0.29, 0.717) is 12.1 Å². The van der Waals surface area contributed by atoms with Gasteiger partial charge in [-0.2, -0.15) is 16.8 Å². The highest BCUT2D eigenvalue weighted by molar-refractivity contribution is 7.86. The second-order valence-corrected chi connectivity index (χ2v) is 7.44. The highest BCUT2D eigenvalue weighted by Gasteiger charge is 2.22. The summed E-state index contributed by atoms with van der Waals surface area (Å²) in [5.41, 5.74) is -1.37. The predicted octanol–water partition coefficient (Wildman–Crippen LogP) is -0.541. The minimum atomic E-state index is -4.79. The van der Waals surface area contributed by atoms with Crippen LogP contribution in [-0.4, -0.2) is 41.6 Å². The van der Waals surface area contributed by atoms with Crippen molar-refractivity contribution in [3.63, 3.8) is 0 Å². The molecule has 0 aliphatic rings. The molecule has 2 aromatic rings. The van der Waals surface area contributed by atoms with E-state index in [2.05, 4.69) is 5.10 Å². The third-order valence-corrected chi connectivity index (χ3v) is 4.67. The van der Waals surface area contributed by atoms with E-state index in [1.807, 2.05) is 5.32 Å². The zero-order valence-corrected chi connectivity index (χ0v) is 13.6. The molecular weight excluding hydrogens is 366 g/mol. The Morgan fingerprint density at radius 1 is 1.12 bits per heavy atom. The van der Waals surface area contributed by atoms with Gasteiger partial charge < -0.3 is 5.32 Å². The summed E-state index contributed by atoms with van der Waals surface area (Å²) >= 11 is 0. The molecule has 1 heterocycles. The second-order valence-electron chi connectivity index (χ2n) is 4.63. The van der Waals surface area contributed by atoms with Gasteiger partial charge in [-0.3, -0.25) is 28.5 Å². The molecule has 130 valence electrons. The monoisotopic (exact) mass is 377 g/mol. The van der Waals surface area contributed by atoms with E-state index in [0.717, 1.165) is 16.8 Å². The molecule has 24 heavy (non-hydrogen) atoms. The second kappa shape index (κ2) is 5.86. The van der Waals surface area contributed by atoms with Gasteiger partial charge in [-0.15, -0.1) is 0 Å². The lowest BCUT2D eigenvalue weighted by Gasteiger charge is -2.10. The lowest BCUT2D eigenvalue weighted by Crippen LogP contribution is -2.16. The average Bonchev–Trinajstić information content (AvgIpc) is 2.76. The Balaban J connectivity index is 2.54. The summed E-state index contributed by atoms with van der Waals surface area (Å²) in [6.45, 7) is 0. The number of aromatic nitrogens is 2. The quantitative estimate of drug-likeness (QED) is 0.513. The summed E-state index contributed by atoms with van der Waals surface area (Å²) in [6.07, 6.45) is 0. The number of hydrogen-bond donors (Lipinski definition) is 4. The van der Waals surface area contributed by atoms with Gasteiger partial charge in [0.2, 0.25) is 0 Å². The largest absolute Gasteiger partial charge is 0.319 e. The van der Waals surface area contributed by atoms with Crippen molar-refractivity contribution >= 4 is 31.8 Å². The normalized spacial score (nSPS) is 12.1. The fourth-order valence-corrected chi connectivity index (χ4v) is 2.92. The first kappa shape index (κ1) is 17.9. The van der Waals surface area contributed by atoms with Crippen molar-refractivity contribution in [2.24, 2.45) is 7.05 Å². The number of H-pyrrole nitrogens is 1. The van der Waals surface area contributed by atoms with Gasteiger partial charge in [0.15, 0.2) is 0 Å². The van der Waals surface area contributed by atoms with Crippen LogP contribution in [0.2, 0.25) is 0 Å². The van der Waals surface area contributed by atoms with Crippen LogP contribution in [0, 0.1) is 0 Å². The zero-order chi connectivity index (χ0) is 18.3. The number of nitrogens with one attached hydrogen (secondary N) is 2. The number of benzene rings is 1. The molecule has 13 heteroatoms. The summed E-state index contributed by atoms with van der Waals surface area (Å²) in [6, 6.07) is 3.01. The maximum Gasteiger partial charge on any atom is 0.296 e. The van der Waals surface area contributed by atoms with Crippen LogP contribution in [0.3, 0.4) is 0 Å². The maximum atomic E-state index is 12.0. The zero-order valence-electron chi connectivity index (χ0n) is 11.9. The average molecular weight is 377 g/mol. The van der Waals surface area contributed by atoms with Crippen molar-refractivity contribution in [2.45, 2.75) is 9.79 Å². The van der Waals surface area contributed by atoms with Crippen LogP contribution in [-0.2, 0) is 27.3 Å². The molecule has 4 N–H and O–H groups in total. The molecular formula is C11H11N3O8S2. The van der Waals surface area contributed by atoms with Gasteiger partial charge >= 0.3 is 0 Å². The first-order valence-electron chi connectivity index (χ1n) is 6.06. The molecule has 0 bridgehead atoms. The molecule has 11 nitrogen and oxygen atoms in total. The van der Waals surface area contributed by atoms with Gasteiger partial charge in [-0.1, -0.05) is 0 Å². The Bertz CT molecular complexity index is 1080. The summed E-state index contributed by atoms with van der Waals surface area (Å²) in [7, 11) is -8.14. The van der Waals surface area contributed by atoms with E-state index in [1.54, 1.807) is 0 Å². The molecule has 1 aromatic heterocycles. The molecule has 0 atom stereocenters. The Hall–Kier alpha value is -2.48. The van der Waals surface area contributed by atoms with E-state index in [-0.39, 0.29) is 5.69 Å². The van der Waals surface area contributed by atoms with Gasteiger partial charge in [0.05, 0.1) is 10.6 Å². The molecule has 0 saturated carbocycles. The number of hydrogen-bond acceptors (Lipinski definition) is 6. The molecule has 2 rings (SSSR count). The predicted molar refractivity (Wildman–Crippen MR) is 80.1 cm³/mol. The minimum Gasteiger partial charge on any atom is -0.319 e. The van der Waals surface area contributed by atoms with Crippen molar-refractivity contribution in [1.82, 2.24) is 9.78 Å². The smallest absolute Gasteiger partial charge is 0.296 e. The summed E-state index contributed by atoms with van der Waals surface area (Å²) in [5.74, 6) is -0.968. The summed E-state index contributed by atoms with van der Waals surface area (Å²) in [4.78, 5) is 21.9. The van der Waals surface area contributed by atoms with Crippen LogP contribution in [0.1, 0.15) is 10.5 Å². The van der Waals surface area contributed by atoms with E-state index < -0.39 is 47.2 Å². The number of anilines is 1. The lowest BCUT2D eigenvalue weighted by atomic mass is 10.3. The van der Waals surface area contributed by atoms with Crippen molar-refractivity contribution in [3.05, 3.63) is 40.3 Å². The first-order valence-corrected chi connectivity index (χ1v) is 8.94. The topological polar surface area (TPSA) is 176 Å². The van der Waals surface area contributed by atoms with Crippen LogP contribution >= 0.6 is 0 Å². The van der Waals surface area contributed by atoms with Gasteiger partial charge in [0.25, 0.3) is 31.7 Å². The van der Waals surface area contributed by atoms with Crippen molar-refractivity contribution in [3.8, 4) is 0 Å². The summed E-state index contributed by atoms with van der Waals surface area (Å²) < 4.78 is 64.0. The third kappa shape index (κ3) is 3.70. The molecule has 0 aliphatic carbocycles. The highest BCUT2D eigenvalue weighted by atomic mass is 32.2. The Morgan fingerprint density at radius 2 is 1.75 bits per heavy atom. The standard InChI is InChI=1S/C11H11N3O8S2/c1-14-10(15)5-8(13-14)11(16)12-7-4-6(23(17,18)19)2-3-9(7)24(20,21)22/h2-5,13H,1H3,(H,12,16)(H,17,18,19)(H,20,21,22). The molecule has 0 spiro atoms. The van der Waals surface area contributed by atoms with E-state index in [9.17, 15) is 26.4 Å². The first-order chi connectivity index (χ1) is 10.9. The molecule has 0 unspecified atom stereocenters. The number of aromatic amines is 1. The van der Waals surface area contributed by atoms with Crippen LogP contribution in [0.4, 0.5) is 5.69 Å². The molecule has 0 aliphatic heterocycles. The van der Waals surface area contributed by atoms with Crippen LogP contribution in [0.5, 0.6) is 0 Å². The highest BCUT2D eigenvalue weighted by Crippen LogP contribution is 2.25. The molecule has 0 saturated heterocycles. The SMILES string of the molecule is Cn1[nH]c(C(=O)Nc2cc(S(=O)(=O)O)ccc2S(=O)(=O)O)cc1=O. The number of carbonyl (C=O) groups is 1. The number of rotatable bonds is 4. The van der Waals surface area contributed by atoms with Crippen molar-refractivity contribution in [2.75, 3.05) is 5.32 Å². The summed E-state index contributed by atoms with van der Waals surface area (Å²) in [5, 5.41) is 4.43. The van der Waals surface area contributed by atoms with Crippen LogP contribution < -0.4 is 10.9 Å². The van der Waals surface area contributed by atoms with Gasteiger partial charge in [0.1, 0.15) is 10.6 Å². The molecule has 0 radical (unpaired) electrons. The number of aryl methyl sites for hydroxylation is 1. The van der Waals surface area contributed by atoms with Crippen LogP contribution in [0.25, 0.3) is 0 Å². The minimum absolute atomic E-state index is 0.235. The maximum absolute atomic E-state index is 12.0. The third-order valence-electron chi connectivity index (χ3n) is 2.91. The van der Waals surface area contributed by atoms with E-state index >= 15 is 0 Å². The number of nitrogens with zero attached hydrogens (tertiary/aromatic N) is 1. The Labute approximate surface area is 135 Å². The molecule has 1 amide bonds. The van der Waals surface area contributed by atoms with Crippen molar-refractivity contribution in [1.29, 1.82) is 0 Å². The van der Waals surface area contributed by atoms with Crippen LogP contribution in [0.15, 0.2) is 38.9 Å². The fourth-order valence-electron chi connectivity index (χ4n) is 1.79. The fraction of sp³-hybridized carbons (Fsp3) is 0.0909. The molecule has 0 fully saturated rings. The Morgan fingerprint density at radius 3 is 2.21 bits per heavy atom. The number of amides is 1. The number of carbonyl (C=O) groups excluding carboxylic acids is 1. The van der Waals surface area contributed by atoms with E-state index in [1.165, 1.54) is 7.05 Å². The van der Waals surface area contributed by atoms with E-state index in [4.69, 9.17) is 9.11 Å². The Kier molecular flexibility index (Phi) is 4.36. The molecule has 1 aromatic carbocycles. The van der Waals surface area contributed by atoms with Gasteiger partial charge in [-0.05, 0) is 18.2 Å².